The van der Waals surface area contributed by atoms with Crippen LogP contribution >= 0.6 is 0 Å². The molecule has 4 nitrogen and oxygen atoms in total. The lowest BCUT2D eigenvalue weighted by atomic mass is 10.1. The molecule has 0 bridgehead atoms. The van der Waals surface area contributed by atoms with E-state index in [1.165, 1.54) is 12.8 Å². The fourth-order valence-electron chi connectivity index (χ4n) is 1.45. The Morgan fingerprint density at radius 3 is 2.80 bits per heavy atom. The van der Waals surface area contributed by atoms with Crippen LogP contribution < -0.4 is 5.32 Å². The van der Waals surface area contributed by atoms with Crippen molar-refractivity contribution in [3.63, 3.8) is 0 Å². The van der Waals surface area contributed by atoms with Crippen LogP contribution in [0.25, 0.3) is 0 Å². The van der Waals surface area contributed by atoms with Crippen LogP contribution in [0.4, 0.5) is 0 Å². The van der Waals surface area contributed by atoms with Gasteiger partial charge in [0.05, 0.1) is 6.54 Å². The van der Waals surface area contributed by atoms with Gasteiger partial charge in [-0.15, -0.1) is 0 Å². The van der Waals surface area contributed by atoms with Crippen molar-refractivity contribution in [3.05, 3.63) is 11.7 Å². The molecule has 0 amide bonds. The molecular formula is C11H19N3O. The molecule has 0 unspecified atom stereocenters. The molecule has 1 aliphatic rings. The van der Waals surface area contributed by atoms with E-state index in [-0.39, 0.29) is 5.41 Å². The maximum Gasteiger partial charge on any atom is 0.240 e. The predicted octanol–water partition coefficient (Wildman–Crippen LogP) is 1.87. The van der Waals surface area contributed by atoms with Crippen LogP contribution in [0.1, 0.15) is 45.3 Å². The summed E-state index contributed by atoms with van der Waals surface area (Å²) in [6, 6.07) is 0. The Kier molecular flexibility index (Phi) is 2.78. The summed E-state index contributed by atoms with van der Waals surface area (Å²) in [5.41, 5.74) is 0.208. The van der Waals surface area contributed by atoms with Gasteiger partial charge in [0.2, 0.25) is 5.89 Å². The Bertz CT molecular complexity index is 328. The van der Waals surface area contributed by atoms with Gasteiger partial charge in [0, 0.05) is 5.41 Å². The zero-order chi connectivity index (χ0) is 10.9. The predicted molar refractivity (Wildman–Crippen MR) is 57.4 cm³/mol. The molecule has 1 saturated carbocycles. The van der Waals surface area contributed by atoms with E-state index in [1.54, 1.807) is 0 Å². The Hall–Kier alpha value is -0.900. The average molecular weight is 209 g/mol. The highest BCUT2D eigenvalue weighted by molar-refractivity contribution is 5.14. The van der Waals surface area contributed by atoms with Crippen LogP contribution in [-0.2, 0) is 12.0 Å². The fraction of sp³-hybridized carbons (Fsp3) is 0.818. The third-order valence-corrected chi connectivity index (χ3v) is 2.84. The van der Waals surface area contributed by atoms with Crippen LogP contribution in [-0.4, -0.2) is 16.7 Å². The number of rotatable bonds is 5. The summed E-state index contributed by atoms with van der Waals surface area (Å²) in [6.45, 7) is 8.20. The molecule has 1 N–H and O–H groups in total. The first-order chi connectivity index (χ1) is 7.10. The Morgan fingerprint density at radius 2 is 2.20 bits per heavy atom. The highest BCUT2D eigenvalue weighted by Gasteiger charge is 2.43. The monoisotopic (exact) mass is 209 g/mol. The molecule has 0 saturated heterocycles. The van der Waals surface area contributed by atoms with Gasteiger partial charge in [-0.25, -0.2) is 0 Å². The van der Waals surface area contributed by atoms with Gasteiger partial charge in [-0.1, -0.05) is 25.9 Å². The Balaban J connectivity index is 1.85. The van der Waals surface area contributed by atoms with Crippen molar-refractivity contribution in [2.45, 2.75) is 45.6 Å². The number of nitrogens with one attached hydrogen (secondary N) is 1. The van der Waals surface area contributed by atoms with Gasteiger partial charge in [0.1, 0.15) is 0 Å². The minimum absolute atomic E-state index is 0.208. The lowest BCUT2D eigenvalue weighted by Crippen LogP contribution is -2.19. The van der Waals surface area contributed by atoms with E-state index in [1.807, 2.05) is 0 Å². The molecule has 0 aromatic carbocycles. The zero-order valence-electron chi connectivity index (χ0n) is 9.71. The standard InChI is InChI=1S/C11H19N3O/c1-8(2)6-12-7-9-13-10(14-15-9)11(3)4-5-11/h8,12H,4-7H2,1-3H3. The summed E-state index contributed by atoms with van der Waals surface area (Å²) in [5.74, 6) is 2.23. The highest BCUT2D eigenvalue weighted by atomic mass is 16.5. The maximum absolute atomic E-state index is 5.19. The topological polar surface area (TPSA) is 51.0 Å². The SMILES string of the molecule is CC(C)CNCc1nc(C2(C)CC2)no1. The van der Waals surface area contributed by atoms with Crippen LogP contribution in [0.2, 0.25) is 0 Å². The number of nitrogens with zero attached hydrogens (tertiary/aromatic N) is 2. The van der Waals surface area contributed by atoms with Gasteiger partial charge in [-0.3, -0.25) is 0 Å². The molecule has 1 heterocycles. The number of hydrogen-bond acceptors (Lipinski definition) is 4. The molecule has 4 heteroatoms. The van der Waals surface area contributed by atoms with Gasteiger partial charge < -0.3 is 9.84 Å². The Morgan fingerprint density at radius 1 is 1.47 bits per heavy atom. The smallest absolute Gasteiger partial charge is 0.240 e. The minimum Gasteiger partial charge on any atom is -0.338 e. The van der Waals surface area contributed by atoms with Crippen molar-refractivity contribution < 1.29 is 4.52 Å². The first kappa shape index (κ1) is 10.6. The lowest BCUT2D eigenvalue weighted by molar-refractivity contribution is 0.356. The molecule has 0 atom stereocenters. The molecule has 15 heavy (non-hydrogen) atoms. The molecule has 2 rings (SSSR count). The van der Waals surface area contributed by atoms with Crippen LogP contribution in [0, 0.1) is 5.92 Å². The molecule has 0 radical (unpaired) electrons. The van der Waals surface area contributed by atoms with Gasteiger partial charge in [-0.2, -0.15) is 4.98 Å². The van der Waals surface area contributed by atoms with Crippen LogP contribution in [0.3, 0.4) is 0 Å². The lowest BCUT2D eigenvalue weighted by Gasteiger charge is -2.03. The summed E-state index contributed by atoms with van der Waals surface area (Å²) in [4.78, 5) is 4.40. The number of aromatic nitrogens is 2. The molecular weight excluding hydrogens is 190 g/mol. The third kappa shape index (κ3) is 2.56. The maximum atomic E-state index is 5.19. The molecule has 84 valence electrons. The third-order valence-electron chi connectivity index (χ3n) is 2.84. The van der Waals surface area contributed by atoms with Gasteiger partial charge in [0.25, 0.3) is 0 Å². The minimum atomic E-state index is 0.208. The quantitative estimate of drug-likeness (QED) is 0.804. The molecule has 1 aromatic heterocycles. The first-order valence-corrected chi connectivity index (χ1v) is 5.64. The van der Waals surface area contributed by atoms with Crippen molar-refractivity contribution in [1.29, 1.82) is 0 Å². The van der Waals surface area contributed by atoms with Gasteiger partial charge in [-0.05, 0) is 25.3 Å². The second-order valence-electron chi connectivity index (χ2n) is 5.10. The largest absolute Gasteiger partial charge is 0.338 e. The second kappa shape index (κ2) is 3.93. The van der Waals surface area contributed by atoms with Crippen LogP contribution in [0.15, 0.2) is 4.52 Å². The van der Waals surface area contributed by atoms with Crippen molar-refractivity contribution in [3.8, 4) is 0 Å². The van der Waals surface area contributed by atoms with E-state index in [0.717, 1.165) is 12.4 Å². The van der Waals surface area contributed by atoms with E-state index in [0.29, 0.717) is 18.4 Å². The van der Waals surface area contributed by atoms with Crippen LogP contribution in [0.5, 0.6) is 0 Å². The molecule has 1 aliphatic carbocycles. The second-order valence-corrected chi connectivity index (χ2v) is 5.10. The van der Waals surface area contributed by atoms with Gasteiger partial charge >= 0.3 is 0 Å². The summed E-state index contributed by atoms with van der Waals surface area (Å²) < 4.78 is 5.19. The molecule has 0 spiro atoms. The zero-order valence-corrected chi connectivity index (χ0v) is 9.71. The van der Waals surface area contributed by atoms with Crippen molar-refractivity contribution in [2.24, 2.45) is 5.92 Å². The average Bonchev–Trinajstić information content (AvgIpc) is 2.76. The van der Waals surface area contributed by atoms with Crippen molar-refractivity contribution in [1.82, 2.24) is 15.5 Å². The summed E-state index contributed by atoms with van der Waals surface area (Å²) in [5, 5.41) is 7.31. The normalized spacial score (nSPS) is 18.4. The summed E-state index contributed by atoms with van der Waals surface area (Å²) in [7, 11) is 0. The van der Waals surface area contributed by atoms with E-state index in [2.05, 4.69) is 36.2 Å². The highest BCUT2D eigenvalue weighted by Crippen LogP contribution is 2.45. The van der Waals surface area contributed by atoms with E-state index >= 15 is 0 Å². The van der Waals surface area contributed by atoms with E-state index in [4.69, 9.17) is 4.52 Å². The van der Waals surface area contributed by atoms with Crippen molar-refractivity contribution >= 4 is 0 Å². The molecule has 1 aromatic rings. The van der Waals surface area contributed by atoms with Crippen molar-refractivity contribution in [2.75, 3.05) is 6.54 Å². The Labute approximate surface area is 90.4 Å². The summed E-state index contributed by atoms with van der Waals surface area (Å²) in [6.07, 6.45) is 2.37. The van der Waals surface area contributed by atoms with E-state index in [9.17, 15) is 0 Å². The van der Waals surface area contributed by atoms with E-state index < -0.39 is 0 Å². The fourth-order valence-corrected chi connectivity index (χ4v) is 1.45. The molecule has 0 aliphatic heterocycles. The molecule has 1 fully saturated rings. The van der Waals surface area contributed by atoms with Gasteiger partial charge in [0.15, 0.2) is 5.82 Å². The first-order valence-electron chi connectivity index (χ1n) is 5.64. The summed E-state index contributed by atoms with van der Waals surface area (Å²) >= 11 is 0. The number of hydrogen-bond donors (Lipinski definition) is 1.